The molecule has 0 amide bonds. The summed E-state index contributed by atoms with van der Waals surface area (Å²) < 4.78 is 33.5. The third-order valence-corrected chi connectivity index (χ3v) is 6.76. The predicted molar refractivity (Wildman–Crippen MR) is 91.1 cm³/mol. The molecule has 0 aromatic heterocycles. The molecule has 1 atom stereocenters. The fourth-order valence-corrected chi connectivity index (χ4v) is 5.33. The Morgan fingerprint density at radius 3 is 2.17 bits per heavy atom. The van der Waals surface area contributed by atoms with E-state index in [1.54, 1.807) is 6.07 Å². The van der Waals surface area contributed by atoms with E-state index in [1.165, 1.54) is 63.9 Å². The number of ether oxygens (including phenoxy) is 1. The van der Waals surface area contributed by atoms with Crippen LogP contribution in [0, 0.1) is 29.4 Å². The van der Waals surface area contributed by atoms with E-state index in [2.05, 4.69) is 0 Å². The van der Waals surface area contributed by atoms with Gasteiger partial charge in [0.2, 0.25) is 5.82 Å². The van der Waals surface area contributed by atoms with Crippen LogP contribution in [-0.4, -0.2) is 6.10 Å². The largest absolute Gasteiger partial charge is 0.487 e. The number of hydrogen-bond donors (Lipinski definition) is 0. The molecule has 0 saturated heterocycles. The standard InChI is InChI=1S/C21H28F2O/c22-18-12-10-17-11-13-19(24-21(17)20(18)23)16-8-6-15(7-9-16)14-4-2-1-3-5-14/h10,12,14-16,19H,1-9,11,13H2. The van der Waals surface area contributed by atoms with Gasteiger partial charge in [0.25, 0.3) is 0 Å². The predicted octanol–water partition coefficient (Wildman–Crippen LogP) is 6.05. The number of halogens is 2. The minimum Gasteiger partial charge on any atom is -0.487 e. The first kappa shape index (κ1) is 16.4. The van der Waals surface area contributed by atoms with Crippen molar-refractivity contribution < 1.29 is 13.5 Å². The minimum absolute atomic E-state index is 0.0705. The molecule has 24 heavy (non-hydrogen) atoms. The van der Waals surface area contributed by atoms with Crippen molar-refractivity contribution in [1.82, 2.24) is 0 Å². The van der Waals surface area contributed by atoms with Crippen molar-refractivity contribution in [3.8, 4) is 5.75 Å². The zero-order valence-corrected chi connectivity index (χ0v) is 14.4. The monoisotopic (exact) mass is 334 g/mol. The number of aryl methyl sites for hydroxylation is 1. The summed E-state index contributed by atoms with van der Waals surface area (Å²) in [4.78, 5) is 0. The Kier molecular flexibility index (Phi) is 4.78. The van der Waals surface area contributed by atoms with Crippen molar-refractivity contribution in [1.29, 1.82) is 0 Å². The Bertz CT molecular complexity index is 571. The summed E-state index contributed by atoms with van der Waals surface area (Å²) in [5.74, 6) is 0.940. The first-order valence-electron chi connectivity index (χ1n) is 9.86. The SMILES string of the molecule is Fc1ccc2c(c1F)OC(C1CCC(C3CCCCC3)CC1)CC2. The van der Waals surface area contributed by atoms with Gasteiger partial charge in [0.1, 0.15) is 6.10 Å². The van der Waals surface area contributed by atoms with Crippen LogP contribution < -0.4 is 4.74 Å². The molecule has 2 saturated carbocycles. The van der Waals surface area contributed by atoms with Gasteiger partial charge in [-0.15, -0.1) is 0 Å². The van der Waals surface area contributed by atoms with E-state index < -0.39 is 11.6 Å². The molecule has 1 aliphatic heterocycles. The minimum atomic E-state index is -0.798. The highest BCUT2D eigenvalue weighted by Gasteiger charge is 2.35. The lowest BCUT2D eigenvalue weighted by atomic mass is 9.69. The van der Waals surface area contributed by atoms with Crippen molar-refractivity contribution in [2.75, 3.05) is 0 Å². The van der Waals surface area contributed by atoms with Gasteiger partial charge in [-0.05, 0) is 67.9 Å². The summed E-state index contributed by atoms with van der Waals surface area (Å²) in [6, 6.07) is 2.89. The second-order valence-electron chi connectivity index (χ2n) is 8.12. The third-order valence-electron chi connectivity index (χ3n) is 6.76. The molecule has 1 unspecified atom stereocenters. The maximum absolute atomic E-state index is 14.0. The Balaban J connectivity index is 1.37. The quantitative estimate of drug-likeness (QED) is 0.640. The van der Waals surface area contributed by atoms with Crippen molar-refractivity contribution in [3.05, 3.63) is 29.3 Å². The van der Waals surface area contributed by atoms with Crippen molar-refractivity contribution in [2.24, 2.45) is 17.8 Å². The second-order valence-corrected chi connectivity index (χ2v) is 8.12. The molecule has 2 fully saturated rings. The Morgan fingerprint density at radius 1 is 0.750 bits per heavy atom. The van der Waals surface area contributed by atoms with Crippen molar-refractivity contribution >= 4 is 0 Å². The van der Waals surface area contributed by atoms with Crippen LogP contribution in [0.5, 0.6) is 5.75 Å². The first-order valence-corrected chi connectivity index (χ1v) is 9.86. The van der Waals surface area contributed by atoms with Crippen LogP contribution in [-0.2, 0) is 6.42 Å². The summed E-state index contributed by atoms with van der Waals surface area (Å²) in [5.41, 5.74) is 0.820. The van der Waals surface area contributed by atoms with Gasteiger partial charge in [0, 0.05) is 0 Å². The summed E-state index contributed by atoms with van der Waals surface area (Å²) in [6.45, 7) is 0. The lowest BCUT2D eigenvalue weighted by Crippen LogP contribution is -2.35. The molecular formula is C21H28F2O. The molecule has 1 aromatic carbocycles. The van der Waals surface area contributed by atoms with E-state index in [1.807, 2.05) is 0 Å². The lowest BCUT2D eigenvalue weighted by Gasteiger charge is -2.39. The van der Waals surface area contributed by atoms with Crippen LogP contribution in [0.2, 0.25) is 0 Å². The Hall–Kier alpha value is -1.12. The average molecular weight is 334 g/mol. The average Bonchev–Trinajstić information content (AvgIpc) is 2.65. The van der Waals surface area contributed by atoms with Gasteiger partial charge in [-0.1, -0.05) is 38.2 Å². The molecule has 0 bridgehead atoms. The van der Waals surface area contributed by atoms with Crippen molar-refractivity contribution in [2.45, 2.75) is 76.7 Å². The number of fused-ring (bicyclic) bond motifs is 1. The number of rotatable bonds is 2. The molecule has 0 N–H and O–H groups in total. The molecule has 4 rings (SSSR count). The van der Waals surface area contributed by atoms with E-state index in [0.717, 1.165) is 30.2 Å². The second kappa shape index (κ2) is 7.01. The van der Waals surface area contributed by atoms with Gasteiger partial charge in [-0.25, -0.2) is 4.39 Å². The van der Waals surface area contributed by atoms with E-state index in [4.69, 9.17) is 4.74 Å². The normalized spacial score (nSPS) is 31.3. The molecule has 3 heteroatoms. The van der Waals surface area contributed by atoms with E-state index in [-0.39, 0.29) is 11.9 Å². The van der Waals surface area contributed by atoms with Crippen molar-refractivity contribution in [3.63, 3.8) is 0 Å². The topological polar surface area (TPSA) is 9.23 Å². The Morgan fingerprint density at radius 2 is 1.42 bits per heavy atom. The number of benzene rings is 1. The fourth-order valence-electron chi connectivity index (χ4n) is 5.33. The van der Waals surface area contributed by atoms with Crippen LogP contribution in [0.3, 0.4) is 0 Å². The van der Waals surface area contributed by atoms with Gasteiger partial charge < -0.3 is 4.74 Å². The van der Waals surface area contributed by atoms with E-state index in [9.17, 15) is 8.78 Å². The molecule has 1 nitrogen and oxygen atoms in total. The molecule has 2 aliphatic carbocycles. The van der Waals surface area contributed by atoms with Crippen LogP contribution in [0.25, 0.3) is 0 Å². The molecule has 0 radical (unpaired) electrons. The van der Waals surface area contributed by atoms with Crippen LogP contribution in [0.15, 0.2) is 12.1 Å². The third kappa shape index (κ3) is 3.19. The maximum Gasteiger partial charge on any atom is 0.200 e. The van der Waals surface area contributed by atoms with Gasteiger partial charge in [0.15, 0.2) is 11.6 Å². The molecule has 1 heterocycles. The zero-order chi connectivity index (χ0) is 16.5. The van der Waals surface area contributed by atoms with Gasteiger partial charge >= 0.3 is 0 Å². The molecular weight excluding hydrogens is 306 g/mol. The van der Waals surface area contributed by atoms with E-state index in [0.29, 0.717) is 5.92 Å². The Labute approximate surface area is 143 Å². The van der Waals surface area contributed by atoms with Crippen LogP contribution >= 0.6 is 0 Å². The van der Waals surface area contributed by atoms with E-state index >= 15 is 0 Å². The van der Waals surface area contributed by atoms with Gasteiger partial charge in [-0.3, -0.25) is 0 Å². The van der Waals surface area contributed by atoms with Gasteiger partial charge in [0.05, 0.1) is 0 Å². The summed E-state index contributed by atoms with van der Waals surface area (Å²) in [5, 5.41) is 0. The summed E-state index contributed by atoms with van der Waals surface area (Å²) >= 11 is 0. The summed E-state index contributed by atoms with van der Waals surface area (Å²) in [6.07, 6.45) is 13.9. The highest BCUT2D eigenvalue weighted by Crippen LogP contribution is 2.43. The van der Waals surface area contributed by atoms with Crippen LogP contribution in [0.4, 0.5) is 8.78 Å². The number of hydrogen-bond acceptors (Lipinski definition) is 1. The molecule has 1 aromatic rings. The highest BCUT2D eigenvalue weighted by molar-refractivity contribution is 5.37. The van der Waals surface area contributed by atoms with Gasteiger partial charge in [-0.2, -0.15) is 4.39 Å². The highest BCUT2D eigenvalue weighted by atomic mass is 19.2. The zero-order valence-electron chi connectivity index (χ0n) is 14.4. The summed E-state index contributed by atoms with van der Waals surface area (Å²) in [7, 11) is 0. The van der Waals surface area contributed by atoms with Crippen LogP contribution in [0.1, 0.15) is 69.8 Å². The fraction of sp³-hybridized carbons (Fsp3) is 0.714. The lowest BCUT2D eigenvalue weighted by molar-refractivity contribution is 0.0591. The molecule has 0 spiro atoms. The first-order chi connectivity index (χ1) is 11.7. The molecule has 132 valence electrons. The maximum atomic E-state index is 14.0. The smallest absolute Gasteiger partial charge is 0.200 e. The molecule has 3 aliphatic rings.